The Labute approximate surface area is 204 Å². The quantitative estimate of drug-likeness (QED) is 0.450. The van der Waals surface area contributed by atoms with E-state index in [1.54, 1.807) is 6.08 Å². The molecule has 0 aromatic rings. The van der Waals surface area contributed by atoms with Crippen molar-refractivity contribution >= 4 is 22.0 Å². The number of amides is 2. The van der Waals surface area contributed by atoms with E-state index in [0.717, 1.165) is 45.1 Å². The minimum atomic E-state index is -3.95. The van der Waals surface area contributed by atoms with Gasteiger partial charge >= 0.3 is 10.2 Å². The van der Waals surface area contributed by atoms with Gasteiger partial charge in [0.1, 0.15) is 5.54 Å². The monoisotopic (exact) mass is 494 g/mol. The molecule has 3 N–H and O–H groups in total. The highest BCUT2D eigenvalue weighted by molar-refractivity contribution is 7.87. The molecule has 4 fully saturated rings. The molecule has 8 nitrogen and oxygen atoms in total. The zero-order valence-corrected chi connectivity index (χ0v) is 21.8. The summed E-state index contributed by atoms with van der Waals surface area (Å²) in [6.45, 7) is 12.1. The Kier molecular flexibility index (Phi) is 6.94. The van der Waals surface area contributed by atoms with Gasteiger partial charge in [-0.2, -0.15) is 12.7 Å². The predicted molar refractivity (Wildman–Crippen MR) is 132 cm³/mol. The first-order valence-electron chi connectivity index (χ1n) is 13.0. The minimum absolute atomic E-state index is 0.0815. The summed E-state index contributed by atoms with van der Waals surface area (Å²) in [7, 11) is -3.95. The van der Waals surface area contributed by atoms with Crippen molar-refractivity contribution in [3.05, 3.63) is 12.7 Å². The lowest BCUT2D eigenvalue weighted by molar-refractivity contribution is -0.130. The van der Waals surface area contributed by atoms with Gasteiger partial charge in [-0.15, -0.1) is 6.58 Å². The Morgan fingerprint density at radius 3 is 2.59 bits per heavy atom. The number of nitrogens with zero attached hydrogens (tertiary/aromatic N) is 1. The van der Waals surface area contributed by atoms with Crippen LogP contribution in [0.5, 0.6) is 0 Å². The van der Waals surface area contributed by atoms with Crippen LogP contribution in [-0.4, -0.2) is 55.8 Å². The normalized spacial score (nSPS) is 37.4. The number of nitrogens with one attached hydrogen (secondary N) is 3. The maximum absolute atomic E-state index is 13.3. The van der Waals surface area contributed by atoms with Crippen molar-refractivity contribution in [1.82, 2.24) is 19.7 Å². The highest BCUT2D eigenvalue weighted by Crippen LogP contribution is 2.55. The summed E-state index contributed by atoms with van der Waals surface area (Å²) < 4.78 is 29.5. The lowest BCUT2D eigenvalue weighted by Crippen LogP contribution is -2.56. The second kappa shape index (κ2) is 9.21. The summed E-state index contributed by atoms with van der Waals surface area (Å²) in [6, 6.07) is -0.377. The molecule has 0 bridgehead atoms. The van der Waals surface area contributed by atoms with Gasteiger partial charge in [0.05, 0.1) is 6.04 Å². The summed E-state index contributed by atoms with van der Waals surface area (Å²) >= 11 is 0. The summed E-state index contributed by atoms with van der Waals surface area (Å²) in [5.41, 5.74) is -1.00. The first-order valence-corrected chi connectivity index (χ1v) is 14.4. The van der Waals surface area contributed by atoms with Gasteiger partial charge in [0.2, 0.25) is 5.91 Å². The predicted octanol–water partition coefficient (Wildman–Crippen LogP) is 2.48. The average Bonchev–Trinajstić information content (AvgIpc) is 3.10. The lowest BCUT2D eigenvalue weighted by Gasteiger charge is -2.48. The van der Waals surface area contributed by atoms with Crippen LogP contribution in [-0.2, 0) is 19.8 Å². The van der Waals surface area contributed by atoms with E-state index in [2.05, 4.69) is 42.7 Å². The number of carbonyl (C=O) groups is 2. The first kappa shape index (κ1) is 25.6. The molecule has 4 aliphatic rings. The molecule has 2 aliphatic heterocycles. The Hall–Kier alpha value is -1.45. The fourth-order valence-electron chi connectivity index (χ4n) is 6.65. The maximum atomic E-state index is 13.3. The highest BCUT2D eigenvalue weighted by Gasteiger charge is 2.62. The van der Waals surface area contributed by atoms with Crippen LogP contribution in [0.3, 0.4) is 0 Å². The molecular formula is C25H42N4O4S. The molecule has 2 amide bonds. The molecule has 5 atom stereocenters. The molecule has 2 heterocycles. The molecule has 0 aromatic carbocycles. The molecule has 34 heavy (non-hydrogen) atoms. The lowest BCUT2D eigenvalue weighted by atomic mass is 9.57. The Morgan fingerprint density at radius 1 is 1.21 bits per heavy atom. The van der Waals surface area contributed by atoms with Crippen molar-refractivity contribution in [1.29, 1.82) is 0 Å². The second-order valence-electron chi connectivity index (χ2n) is 11.8. The van der Waals surface area contributed by atoms with E-state index < -0.39 is 21.7 Å². The minimum Gasteiger partial charge on any atom is -0.340 e. The molecule has 0 radical (unpaired) electrons. The van der Waals surface area contributed by atoms with E-state index in [4.69, 9.17) is 0 Å². The Morgan fingerprint density at radius 2 is 1.94 bits per heavy atom. The Bertz CT molecular complexity index is 935. The first-order chi connectivity index (χ1) is 16.0. The molecule has 1 spiro atoms. The third-order valence-corrected chi connectivity index (χ3v) is 10.8. The number of carbonyl (C=O) groups excluding carboxylic acids is 2. The van der Waals surface area contributed by atoms with Crippen LogP contribution in [0.1, 0.15) is 78.6 Å². The number of hydrogen-bond acceptors (Lipinski definition) is 5. The third kappa shape index (κ3) is 4.55. The van der Waals surface area contributed by atoms with E-state index in [0.29, 0.717) is 25.4 Å². The molecular weight excluding hydrogens is 452 g/mol. The summed E-state index contributed by atoms with van der Waals surface area (Å²) in [4.78, 5) is 26.5. The summed E-state index contributed by atoms with van der Waals surface area (Å²) in [6.07, 6.45) is 10.2. The van der Waals surface area contributed by atoms with E-state index in [1.807, 2.05) is 0 Å². The average molecular weight is 495 g/mol. The maximum Gasteiger partial charge on any atom is 0.303 e. The van der Waals surface area contributed by atoms with Crippen molar-refractivity contribution < 1.29 is 18.0 Å². The second-order valence-corrected chi connectivity index (χ2v) is 13.4. The standard InChI is InChI=1S/C25H42N4O4S/c1-5-9-18-10-13-29(16-18)34(32,33)28-22(31)25(14-19(25)6-2)27-21(30)20-15-24(17-26-20)12-8-7-11-23(24,3)4/h6,18-20,26H,2,5,7-17H2,1,3-4H3,(H,27,30)(H,28,31)/t18?,19-,20+,24+,25-/m1/s1. The van der Waals surface area contributed by atoms with Crippen molar-refractivity contribution in [3.63, 3.8) is 0 Å². The largest absolute Gasteiger partial charge is 0.340 e. The highest BCUT2D eigenvalue weighted by atomic mass is 32.2. The topological polar surface area (TPSA) is 108 Å². The SMILES string of the molecule is C=C[C@@H]1C[C@]1(NC(=O)[C@@H]1C[C@@]2(CCCCC2(C)C)CN1)C(=O)NS(=O)(=O)N1CCC(CCC)C1. The van der Waals surface area contributed by atoms with E-state index in [9.17, 15) is 18.0 Å². The van der Waals surface area contributed by atoms with Crippen LogP contribution < -0.4 is 15.4 Å². The number of rotatable bonds is 8. The molecule has 1 unspecified atom stereocenters. The van der Waals surface area contributed by atoms with Gasteiger partial charge in [-0.3, -0.25) is 9.59 Å². The van der Waals surface area contributed by atoms with Crippen molar-refractivity contribution in [3.8, 4) is 0 Å². The van der Waals surface area contributed by atoms with Crippen LogP contribution in [0.4, 0.5) is 0 Å². The molecule has 2 aliphatic carbocycles. The molecule has 0 aromatic heterocycles. The van der Waals surface area contributed by atoms with Gasteiger partial charge in [0.25, 0.3) is 5.91 Å². The van der Waals surface area contributed by atoms with E-state index in [-0.39, 0.29) is 28.7 Å². The van der Waals surface area contributed by atoms with Gasteiger partial charge < -0.3 is 10.6 Å². The van der Waals surface area contributed by atoms with Crippen LogP contribution in [0.2, 0.25) is 0 Å². The molecule has 4 rings (SSSR count). The van der Waals surface area contributed by atoms with Gasteiger partial charge in [0, 0.05) is 25.6 Å². The molecule has 2 saturated carbocycles. The Balaban J connectivity index is 1.41. The summed E-state index contributed by atoms with van der Waals surface area (Å²) in [5, 5.41) is 6.34. The fourth-order valence-corrected chi connectivity index (χ4v) is 7.95. The van der Waals surface area contributed by atoms with Crippen molar-refractivity contribution in [2.24, 2.45) is 22.7 Å². The molecule has 2 saturated heterocycles. The van der Waals surface area contributed by atoms with Crippen LogP contribution >= 0.6 is 0 Å². The van der Waals surface area contributed by atoms with Crippen molar-refractivity contribution in [2.75, 3.05) is 19.6 Å². The van der Waals surface area contributed by atoms with Crippen LogP contribution in [0.25, 0.3) is 0 Å². The van der Waals surface area contributed by atoms with Gasteiger partial charge in [-0.05, 0) is 55.3 Å². The molecule has 9 heteroatoms. The van der Waals surface area contributed by atoms with E-state index in [1.165, 1.54) is 17.1 Å². The molecule has 192 valence electrons. The third-order valence-electron chi connectivity index (χ3n) is 9.30. The zero-order chi connectivity index (χ0) is 24.8. The van der Waals surface area contributed by atoms with Gasteiger partial charge in [-0.1, -0.05) is 46.1 Å². The smallest absolute Gasteiger partial charge is 0.303 e. The number of hydrogen-bond donors (Lipinski definition) is 3. The van der Waals surface area contributed by atoms with E-state index >= 15 is 0 Å². The summed E-state index contributed by atoms with van der Waals surface area (Å²) in [5.74, 6) is -0.828. The van der Waals surface area contributed by atoms with Gasteiger partial charge in [-0.25, -0.2) is 4.72 Å². The van der Waals surface area contributed by atoms with Crippen molar-refractivity contribution in [2.45, 2.75) is 90.1 Å². The van der Waals surface area contributed by atoms with Crippen LogP contribution in [0.15, 0.2) is 12.7 Å². The zero-order valence-electron chi connectivity index (χ0n) is 21.0. The van der Waals surface area contributed by atoms with Gasteiger partial charge in [0.15, 0.2) is 0 Å². The fraction of sp³-hybridized carbons (Fsp3) is 0.840. The van der Waals surface area contributed by atoms with Crippen LogP contribution in [0, 0.1) is 22.7 Å².